The quantitative estimate of drug-likeness (QED) is 0.620. The van der Waals surface area contributed by atoms with Gasteiger partial charge in [-0.05, 0) is 14.1 Å². The van der Waals surface area contributed by atoms with Gasteiger partial charge in [0.2, 0.25) is 0 Å². The first-order chi connectivity index (χ1) is 6.63. The van der Waals surface area contributed by atoms with E-state index in [0.717, 1.165) is 19.6 Å². The lowest BCUT2D eigenvalue weighted by Gasteiger charge is -2.37. The van der Waals surface area contributed by atoms with Crippen LogP contribution >= 0.6 is 0 Å². The van der Waals surface area contributed by atoms with Gasteiger partial charge in [-0.3, -0.25) is 4.79 Å². The smallest absolute Gasteiger partial charge is 0.138 e. The molecule has 0 aliphatic carbocycles. The van der Waals surface area contributed by atoms with Gasteiger partial charge in [0.25, 0.3) is 0 Å². The van der Waals surface area contributed by atoms with Gasteiger partial charge in [0.05, 0.1) is 0 Å². The molecule has 0 bridgehead atoms. The fourth-order valence-corrected chi connectivity index (χ4v) is 1.83. The summed E-state index contributed by atoms with van der Waals surface area (Å²) in [4.78, 5) is 16.0. The van der Waals surface area contributed by atoms with Gasteiger partial charge in [-0.2, -0.15) is 0 Å². The molecule has 1 atom stereocenters. The Labute approximate surface area is 86.4 Å². The van der Waals surface area contributed by atoms with Crippen LogP contribution in [0.15, 0.2) is 12.7 Å². The predicted octanol–water partition coefficient (Wildman–Crippen LogP) is 0.768. The Morgan fingerprint density at radius 1 is 1.50 bits per heavy atom. The van der Waals surface area contributed by atoms with Crippen LogP contribution < -0.4 is 0 Å². The molecule has 1 aliphatic rings. The fourth-order valence-electron chi connectivity index (χ4n) is 1.83. The third kappa shape index (κ3) is 3.24. The Hall–Kier alpha value is -0.670. The van der Waals surface area contributed by atoms with Crippen LogP contribution in [0.5, 0.6) is 0 Å². The first kappa shape index (κ1) is 11.4. The molecule has 0 aromatic heterocycles. The Bertz CT molecular complexity index is 215. The van der Waals surface area contributed by atoms with Crippen molar-refractivity contribution in [2.24, 2.45) is 0 Å². The lowest BCUT2D eigenvalue weighted by Crippen LogP contribution is -2.50. The number of likely N-dealkylation sites (N-methyl/N-ethyl adjacent to an activating group) is 2. The minimum atomic E-state index is 0.298. The number of ketones is 1. The predicted molar refractivity (Wildman–Crippen MR) is 58.4 cm³/mol. The van der Waals surface area contributed by atoms with E-state index in [-0.39, 0.29) is 0 Å². The van der Waals surface area contributed by atoms with E-state index in [1.54, 1.807) is 6.08 Å². The van der Waals surface area contributed by atoms with Crippen molar-refractivity contribution in [2.45, 2.75) is 18.9 Å². The van der Waals surface area contributed by atoms with Gasteiger partial charge in [-0.15, -0.1) is 6.58 Å². The van der Waals surface area contributed by atoms with Gasteiger partial charge in [0.1, 0.15) is 5.78 Å². The van der Waals surface area contributed by atoms with Crippen LogP contribution in [0.1, 0.15) is 12.8 Å². The number of piperazine rings is 1. The Kier molecular flexibility index (Phi) is 4.29. The maximum Gasteiger partial charge on any atom is 0.138 e. The molecule has 0 aromatic carbocycles. The van der Waals surface area contributed by atoms with Crippen LogP contribution in [0.3, 0.4) is 0 Å². The maximum absolute atomic E-state index is 11.4. The molecule has 1 aliphatic heterocycles. The molecule has 0 saturated carbocycles. The van der Waals surface area contributed by atoms with Crippen LogP contribution in [0.2, 0.25) is 0 Å². The van der Waals surface area contributed by atoms with Crippen LogP contribution in [-0.4, -0.2) is 55.4 Å². The minimum absolute atomic E-state index is 0.298. The summed E-state index contributed by atoms with van der Waals surface area (Å²) in [7, 11) is 4.21. The average Bonchev–Trinajstić information content (AvgIpc) is 2.12. The van der Waals surface area contributed by atoms with Crippen LogP contribution in [-0.2, 0) is 4.79 Å². The third-order valence-electron chi connectivity index (χ3n) is 2.82. The summed E-state index contributed by atoms with van der Waals surface area (Å²) in [6.45, 7) is 6.74. The Balaban J connectivity index is 2.41. The molecule has 0 spiro atoms. The highest BCUT2D eigenvalue weighted by Gasteiger charge is 2.23. The monoisotopic (exact) mass is 196 g/mol. The van der Waals surface area contributed by atoms with E-state index in [9.17, 15) is 4.79 Å². The van der Waals surface area contributed by atoms with Crippen molar-refractivity contribution < 1.29 is 4.79 Å². The molecule has 0 amide bonds. The number of hydrogen-bond acceptors (Lipinski definition) is 3. The first-order valence-electron chi connectivity index (χ1n) is 5.15. The summed E-state index contributed by atoms with van der Waals surface area (Å²) < 4.78 is 0. The molecular weight excluding hydrogens is 176 g/mol. The molecule has 3 nitrogen and oxygen atoms in total. The van der Waals surface area contributed by atoms with E-state index in [2.05, 4.69) is 30.5 Å². The number of carbonyl (C=O) groups excluding carboxylic acids is 1. The van der Waals surface area contributed by atoms with Crippen molar-refractivity contribution in [2.75, 3.05) is 33.7 Å². The van der Waals surface area contributed by atoms with Crippen LogP contribution in [0.25, 0.3) is 0 Å². The highest BCUT2D eigenvalue weighted by atomic mass is 16.1. The number of Topliss-reactive ketones (excluding diaryl/α,β-unsaturated/α-hetero) is 1. The normalized spacial score (nSPS) is 24.9. The van der Waals surface area contributed by atoms with E-state index < -0.39 is 0 Å². The van der Waals surface area contributed by atoms with Crippen molar-refractivity contribution in [1.82, 2.24) is 9.80 Å². The van der Waals surface area contributed by atoms with Gasteiger partial charge in [0.15, 0.2) is 0 Å². The average molecular weight is 196 g/mol. The molecule has 1 fully saturated rings. The number of allylic oxidation sites excluding steroid dienone is 1. The van der Waals surface area contributed by atoms with Gasteiger partial charge < -0.3 is 9.80 Å². The Morgan fingerprint density at radius 3 is 2.86 bits per heavy atom. The van der Waals surface area contributed by atoms with Gasteiger partial charge >= 0.3 is 0 Å². The minimum Gasteiger partial charge on any atom is -0.304 e. The molecular formula is C11H20N2O. The van der Waals surface area contributed by atoms with E-state index >= 15 is 0 Å². The molecule has 3 heteroatoms. The highest BCUT2D eigenvalue weighted by Crippen LogP contribution is 2.10. The molecule has 1 unspecified atom stereocenters. The third-order valence-corrected chi connectivity index (χ3v) is 2.82. The fraction of sp³-hybridized carbons (Fsp3) is 0.727. The molecule has 0 radical (unpaired) electrons. The lowest BCUT2D eigenvalue weighted by atomic mass is 10.0. The summed E-state index contributed by atoms with van der Waals surface area (Å²) in [5.74, 6) is 0.298. The van der Waals surface area contributed by atoms with E-state index in [1.807, 2.05) is 0 Å². The zero-order valence-corrected chi connectivity index (χ0v) is 9.20. The molecule has 1 rings (SSSR count). The standard InChI is InChI=1S/C11H20N2O/c1-4-5-11(14)8-10-9-12(2)6-7-13(10)3/h4,10H,1,5-9H2,2-3H3. The summed E-state index contributed by atoms with van der Waals surface area (Å²) in [6.07, 6.45) is 2.86. The van der Waals surface area contributed by atoms with E-state index in [4.69, 9.17) is 0 Å². The number of hydrogen-bond donors (Lipinski definition) is 0. The highest BCUT2D eigenvalue weighted by molar-refractivity contribution is 5.80. The molecule has 80 valence electrons. The topological polar surface area (TPSA) is 23.6 Å². The zero-order valence-electron chi connectivity index (χ0n) is 9.20. The second-order valence-electron chi connectivity index (χ2n) is 4.13. The Morgan fingerprint density at radius 2 is 2.21 bits per heavy atom. The SMILES string of the molecule is C=CCC(=O)CC1CN(C)CCN1C. The molecule has 0 N–H and O–H groups in total. The summed E-state index contributed by atoms with van der Waals surface area (Å²) >= 11 is 0. The second kappa shape index (κ2) is 5.27. The largest absolute Gasteiger partial charge is 0.304 e. The molecule has 0 aromatic rings. The molecule has 1 saturated heterocycles. The maximum atomic E-state index is 11.4. The number of carbonyl (C=O) groups is 1. The van der Waals surface area contributed by atoms with Crippen molar-refractivity contribution >= 4 is 5.78 Å². The zero-order chi connectivity index (χ0) is 10.6. The number of rotatable bonds is 4. The van der Waals surface area contributed by atoms with Gasteiger partial charge in [-0.25, -0.2) is 0 Å². The summed E-state index contributed by atoms with van der Waals surface area (Å²) in [5, 5.41) is 0. The lowest BCUT2D eigenvalue weighted by molar-refractivity contribution is -0.119. The van der Waals surface area contributed by atoms with Crippen molar-refractivity contribution in [3.8, 4) is 0 Å². The second-order valence-corrected chi connectivity index (χ2v) is 4.13. The van der Waals surface area contributed by atoms with Crippen LogP contribution in [0, 0.1) is 0 Å². The van der Waals surface area contributed by atoms with E-state index in [1.165, 1.54) is 0 Å². The molecule has 14 heavy (non-hydrogen) atoms. The van der Waals surface area contributed by atoms with Crippen LogP contribution in [0.4, 0.5) is 0 Å². The summed E-state index contributed by atoms with van der Waals surface area (Å²) in [6, 6.07) is 0.390. The van der Waals surface area contributed by atoms with Gasteiger partial charge in [0, 0.05) is 38.5 Å². The van der Waals surface area contributed by atoms with Crippen molar-refractivity contribution in [1.29, 1.82) is 0 Å². The first-order valence-corrected chi connectivity index (χ1v) is 5.15. The number of nitrogens with zero attached hydrogens (tertiary/aromatic N) is 2. The van der Waals surface area contributed by atoms with Crippen molar-refractivity contribution in [3.05, 3.63) is 12.7 Å². The van der Waals surface area contributed by atoms with Crippen molar-refractivity contribution in [3.63, 3.8) is 0 Å². The van der Waals surface area contributed by atoms with E-state index in [0.29, 0.717) is 24.7 Å². The molecule has 1 heterocycles. The van der Waals surface area contributed by atoms with Gasteiger partial charge in [-0.1, -0.05) is 6.08 Å². The summed E-state index contributed by atoms with van der Waals surface area (Å²) in [5.41, 5.74) is 0.